The van der Waals surface area contributed by atoms with Crippen LogP contribution in [0.4, 0.5) is 14.4 Å². The molecule has 0 heterocycles. The van der Waals surface area contributed by atoms with Gasteiger partial charge in [-0.1, -0.05) is 38.5 Å². The first kappa shape index (κ1) is 28.1. The van der Waals surface area contributed by atoms with E-state index in [1.165, 1.54) is 12.8 Å². The van der Waals surface area contributed by atoms with E-state index in [0.717, 1.165) is 51.4 Å². The molecule has 0 saturated heterocycles. The minimum absolute atomic E-state index is 0.134. The SMILES string of the molecule is CCOC(=O)N(CCN(C(=O)OCC)C1CCCCC1)CCN(C(=O)OCC)C1CCCCC1. The van der Waals surface area contributed by atoms with Crippen LogP contribution in [0.25, 0.3) is 0 Å². The molecule has 34 heavy (non-hydrogen) atoms. The molecule has 2 rings (SSSR count). The Kier molecular flexibility index (Phi) is 12.9. The fourth-order valence-corrected chi connectivity index (χ4v) is 5.01. The second kappa shape index (κ2) is 15.7. The van der Waals surface area contributed by atoms with Crippen molar-refractivity contribution in [1.82, 2.24) is 14.7 Å². The third-order valence-electron chi connectivity index (χ3n) is 6.78. The zero-order valence-electron chi connectivity index (χ0n) is 21.5. The van der Waals surface area contributed by atoms with Crippen LogP contribution in [-0.2, 0) is 14.2 Å². The van der Waals surface area contributed by atoms with E-state index in [1.807, 2.05) is 0 Å². The number of nitrogens with zero attached hydrogens (tertiary/aromatic N) is 3. The highest BCUT2D eigenvalue weighted by Gasteiger charge is 2.30. The van der Waals surface area contributed by atoms with Crippen LogP contribution in [0.1, 0.15) is 85.0 Å². The van der Waals surface area contributed by atoms with Crippen LogP contribution in [0.5, 0.6) is 0 Å². The first-order valence-corrected chi connectivity index (χ1v) is 13.3. The Balaban J connectivity index is 2.07. The lowest BCUT2D eigenvalue weighted by Gasteiger charge is -2.36. The molecule has 9 heteroatoms. The van der Waals surface area contributed by atoms with Crippen LogP contribution in [0.2, 0.25) is 0 Å². The summed E-state index contributed by atoms with van der Waals surface area (Å²) in [5, 5.41) is 0. The zero-order chi connectivity index (χ0) is 24.8. The summed E-state index contributed by atoms with van der Waals surface area (Å²) in [5.41, 5.74) is 0. The maximum absolute atomic E-state index is 12.7. The van der Waals surface area contributed by atoms with Crippen molar-refractivity contribution in [1.29, 1.82) is 0 Å². The molecule has 0 radical (unpaired) electrons. The van der Waals surface area contributed by atoms with E-state index in [0.29, 0.717) is 39.4 Å². The van der Waals surface area contributed by atoms with Gasteiger partial charge in [0.2, 0.25) is 0 Å². The zero-order valence-corrected chi connectivity index (χ0v) is 21.5. The molecule has 0 unspecified atom stereocenters. The molecule has 0 aliphatic heterocycles. The van der Waals surface area contributed by atoms with Gasteiger partial charge in [0.1, 0.15) is 0 Å². The Labute approximate surface area is 205 Å². The first-order chi connectivity index (χ1) is 16.5. The van der Waals surface area contributed by atoms with Crippen molar-refractivity contribution in [2.75, 3.05) is 46.0 Å². The summed E-state index contributed by atoms with van der Waals surface area (Å²) in [6.45, 7) is 7.70. The van der Waals surface area contributed by atoms with Crippen LogP contribution in [0.3, 0.4) is 0 Å². The Hall–Kier alpha value is -2.19. The number of carbonyl (C=O) groups excluding carboxylic acids is 3. The Morgan fingerprint density at radius 1 is 0.559 bits per heavy atom. The summed E-state index contributed by atoms with van der Waals surface area (Å²) in [7, 11) is 0. The second-order valence-electron chi connectivity index (χ2n) is 9.05. The predicted octanol–water partition coefficient (Wildman–Crippen LogP) is 5.03. The van der Waals surface area contributed by atoms with E-state index in [-0.39, 0.29) is 30.9 Å². The summed E-state index contributed by atoms with van der Waals surface area (Å²) in [6, 6.07) is 0.269. The lowest BCUT2D eigenvalue weighted by molar-refractivity contribution is 0.0585. The van der Waals surface area contributed by atoms with Gasteiger partial charge in [-0.15, -0.1) is 0 Å². The molecule has 2 aliphatic rings. The predicted molar refractivity (Wildman–Crippen MR) is 130 cm³/mol. The molecule has 2 aliphatic carbocycles. The molecule has 0 aromatic carbocycles. The number of hydrogen-bond acceptors (Lipinski definition) is 6. The van der Waals surface area contributed by atoms with E-state index in [2.05, 4.69) is 0 Å². The Morgan fingerprint density at radius 3 is 1.26 bits per heavy atom. The van der Waals surface area contributed by atoms with Crippen LogP contribution in [0.15, 0.2) is 0 Å². The van der Waals surface area contributed by atoms with Gasteiger partial charge in [-0.05, 0) is 46.5 Å². The highest BCUT2D eigenvalue weighted by molar-refractivity contribution is 5.70. The summed E-state index contributed by atoms with van der Waals surface area (Å²) in [6.07, 6.45) is 9.50. The number of rotatable bonds is 11. The number of amides is 3. The van der Waals surface area contributed by atoms with Crippen LogP contribution >= 0.6 is 0 Å². The Bertz CT molecular complexity index is 576. The van der Waals surface area contributed by atoms with Crippen molar-refractivity contribution < 1.29 is 28.6 Å². The van der Waals surface area contributed by atoms with Gasteiger partial charge < -0.3 is 28.9 Å². The topological polar surface area (TPSA) is 88.6 Å². The molecule has 0 aromatic rings. The molecular weight excluding hydrogens is 438 g/mol. The molecule has 0 spiro atoms. The van der Waals surface area contributed by atoms with E-state index < -0.39 is 6.09 Å². The lowest BCUT2D eigenvalue weighted by atomic mass is 9.94. The smallest absolute Gasteiger partial charge is 0.410 e. The van der Waals surface area contributed by atoms with Gasteiger partial charge in [-0.3, -0.25) is 0 Å². The molecule has 0 N–H and O–H groups in total. The van der Waals surface area contributed by atoms with E-state index in [9.17, 15) is 14.4 Å². The van der Waals surface area contributed by atoms with Gasteiger partial charge in [-0.25, -0.2) is 14.4 Å². The fourth-order valence-electron chi connectivity index (χ4n) is 5.01. The lowest BCUT2D eigenvalue weighted by Crippen LogP contribution is -2.50. The number of ether oxygens (including phenoxy) is 3. The summed E-state index contributed by atoms with van der Waals surface area (Å²) in [4.78, 5) is 43.3. The van der Waals surface area contributed by atoms with Crippen molar-refractivity contribution >= 4 is 18.3 Å². The molecule has 3 amide bonds. The largest absolute Gasteiger partial charge is 0.450 e. The molecule has 0 aromatic heterocycles. The average molecular weight is 484 g/mol. The highest BCUT2D eigenvalue weighted by Crippen LogP contribution is 2.24. The van der Waals surface area contributed by atoms with Crippen molar-refractivity contribution in [2.24, 2.45) is 0 Å². The van der Waals surface area contributed by atoms with Gasteiger partial charge in [-0.2, -0.15) is 0 Å². The van der Waals surface area contributed by atoms with Crippen LogP contribution in [-0.4, -0.2) is 91.1 Å². The summed E-state index contributed by atoms with van der Waals surface area (Å²) < 4.78 is 15.9. The quantitative estimate of drug-likeness (QED) is 0.383. The van der Waals surface area contributed by atoms with Gasteiger partial charge in [0.15, 0.2) is 0 Å². The van der Waals surface area contributed by atoms with E-state index >= 15 is 0 Å². The maximum atomic E-state index is 12.7. The van der Waals surface area contributed by atoms with Gasteiger partial charge >= 0.3 is 18.3 Å². The van der Waals surface area contributed by atoms with E-state index in [4.69, 9.17) is 14.2 Å². The first-order valence-electron chi connectivity index (χ1n) is 13.3. The highest BCUT2D eigenvalue weighted by atomic mass is 16.6. The van der Waals surface area contributed by atoms with Crippen molar-refractivity contribution in [3.8, 4) is 0 Å². The molecule has 2 fully saturated rings. The fraction of sp³-hybridized carbons (Fsp3) is 0.880. The molecular formula is C25H45N3O6. The second-order valence-corrected chi connectivity index (χ2v) is 9.05. The van der Waals surface area contributed by atoms with Gasteiger partial charge in [0.05, 0.1) is 19.8 Å². The standard InChI is InChI=1S/C25H45N3O6/c1-4-32-23(29)26(17-19-27(24(30)33-5-2)21-13-9-7-10-14-21)18-20-28(25(31)34-6-3)22-15-11-8-12-16-22/h21-22H,4-20H2,1-3H3. The summed E-state index contributed by atoms with van der Waals surface area (Å²) in [5.74, 6) is 0. The normalized spacial score (nSPS) is 17.0. The van der Waals surface area contributed by atoms with Gasteiger partial charge in [0.25, 0.3) is 0 Å². The Morgan fingerprint density at radius 2 is 0.912 bits per heavy atom. The molecule has 2 saturated carbocycles. The monoisotopic (exact) mass is 483 g/mol. The van der Waals surface area contributed by atoms with Crippen LogP contribution < -0.4 is 0 Å². The third kappa shape index (κ3) is 8.87. The number of hydrogen-bond donors (Lipinski definition) is 0. The molecule has 196 valence electrons. The minimum atomic E-state index is -0.428. The molecule has 9 nitrogen and oxygen atoms in total. The third-order valence-corrected chi connectivity index (χ3v) is 6.78. The van der Waals surface area contributed by atoms with Crippen LogP contribution in [0, 0.1) is 0 Å². The van der Waals surface area contributed by atoms with Gasteiger partial charge in [0, 0.05) is 38.3 Å². The number of carbonyl (C=O) groups is 3. The van der Waals surface area contributed by atoms with Crippen molar-refractivity contribution in [3.63, 3.8) is 0 Å². The van der Waals surface area contributed by atoms with Crippen molar-refractivity contribution in [3.05, 3.63) is 0 Å². The van der Waals surface area contributed by atoms with Crippen molar-refractivity contribution in [2.45, 2.75) is 97.1 Å². The molecule has 0 bridgehead atoms. The minimum Gasteiger partial charge on any atom is -0.450 e. The maximum Gasteiger partial charge on any atom is 0.410 e. The summed E-state index contributed by atoms with van der Waals surface area (Å²) >= 11 is 0. The molecule has 0 atom stereocenters. The average Bonchev–Trinajstić information content (AvgIpc) is 2.85. The van der Waals surface area contributed by atoms with E-state index in [1.54, 1.807) is 35.5 Å².